The molecule has 21 heavy (non-hydrogen) atoms. The fourth-order valence-electron chi connectivity index (χ4n) is 1.78. The van der Waals surface area contributed by atoms with Gasteiger partial charge in [-0.15, -0.1) is 0 Å². The topological polar surface area (TPSA) is 47.0 Å². The maximum atomic E-state index is 12.9. The molecule has 1 N–H and O–H groups in total. The van der Waals surface area contributed by atoms with E-state index in [1.807, 2.05) is 20.8 Å². The van der Waals surface area contributed by atoms with Crippen LogP contribution in [-0.2, 0) is 6.54 Å². The Bertz CT molecular complexity index is 585. The highest BCUT2D eigenvalue weighted by Gasteiger charge is 2.11. The molecular formula is C16H20FN3O. The van der Waals surface area contributed by atoms with Crippen molar-refractivity contribution in [1.29, 1.82) is 0 Å². The van der Waals surface area contributed by atoms with Crippen LogP contribution >= 0.6 is 0 Å². The maximum absolute atomic E-state index is 12.9. The van der Waals surface area contributed by atoms with Crippen LogP contribution in [0.4, 0.5) is 4.39 Å². The second kappa shape index (κ2) is 7.13. The molecule has 0 bridgehead atoms. The van der Waals surface area contributed by atoms with Gasteiger partial charge in [-0.25, -0.2) is 14.4 Å². The minimum atomic E-state index is -0.290. The first-order valence-corrected chi connectivity index (χ1v) is 7.10. The van der Waals surface area contributed by atoms with Crippen LogP contribution < -0.4 is 10.1 Å². The van der Waals surface area contributed by atoms with Crippen molar-refractivity contribution in [3.63, 3.8) is 0 Å². The molecule has 0 radical (unpaired) electrons. The Hall–Kier alpha value is -2.01. The van der Waals surface area contributed by atoms with E-state index in [0.717, 1.165) is 18.1 Å². The van der Waals surface area contributed by atoms with Crippen molar-refractivity contribution in [2.75, 3.05) is 6.54 Å². The summed E-state index contributed by atoms with van der Waals surface area (Å²) in [6.07, 6.45) is 1.68. The number of aromatic nitrogens is 2. The molecule has 0 spiro atoms. The van der Waals surface area contributed by atoms with Gasteiger partial charge in [-0.1, -0.05) is 20.8 Å². The third-order valence-electron chi connectivity index (χ3n) is 2.95. The minimum absolute atomic E-state index is 0.255. The summed E-state index contributed by atoms with van der Waals surface area (Å²) in [5, 5.41) is 3.24. The van der Waals surface area contributed by atoms with Gasteiger partial charge < -0.3 is 10.1 Å². The first kappa shape index (κ1) is 15.4. The van der Waals surface area contributed by atoms with E-state index < -0.39 is 0 Å². The van der Waals surface area contributed by atoms with E-state index in [-0.39, 0.29) is 11.7 Å². The van der Waals surface area contributed by atoms with Gasteiger partial charge in [0.05, 0.1) is 6.20 Å². The van der Waals surface area contributed by atoms with E-state index in [1.54, 1.807) is 18.3 Å². The molecule has 0 saturated carbocycles. The zero-order chi connectivity index (χ0) is 15.2. The molecule has 4 nitrogen and oxygen atoms in total. The Balaban J connectivity index is 2.25. The summed E-state index contributed by atoms with van der Waals surface area (Å²) in [6, 6.07) is 5.90. The third kappa shape index (κ3) is 4.23. The Morgan fingerprint density at radius 1 is 1.24 bits per heavy atom. The zero-order valence-corrected chi connectivity index (χ0v) is 12.6. The van der Waals surface area contributed by atoms with Crippen LogP contribution in [0.2, 0.25) is 0 Å². The number of rotatable bonds is 6. The molecule has 0 saturated heterocycles. The van der Waals surface area contributed by atoms with E-state index in [0.29, 0.717) is 18.0 Å². The number of hydrogen-bond donors (Lipinski definition) is 1. The number of hydrogen-bond acceptors (Lipinski definition) is 4. The maximum Gasteiger partial charge on any atom is 0.168 e. The van der Waals surface area contributed by atoms with Crippen LogP contribution in [-0.4, -0.2) is 16.5 Å². The predicted octanol–water partition coefficient (Wildman–Crippen LogP) is 3.64. The van der Waals surface area contributed by atoms with Crippen molar-refractivity contribution in [2.45, 2.75) is 33.2 Å². The fourth-order valence-corrected chi connectivity index (χ4v) is 1.78. The van der Waals surface area contributed by atoms with Gasteiger partial charge in [0.15, 0.2) is 5.75 Å². The van der Waals surface area contributed by atoms with Gasteiger partial charge >= 0.3 is 0 Å². The van der Waals surface area contributed by atoms with E-state index in [9.17, 15) is 4.39 Å². The van der Waals surface area contributed by atoms with Crippen molar-refractivity contribution >= 4 is 0 Å². The number of halogens is 1. The van der Waals surface area contributed by atoms with E-state index in [4.69, 9.17) is 4.74 Å². The molecule has 0 atom stereocenters. The average molecular weight is 289 g/mol. The first-order valence-electron chi connectivity index (χ1n) is 7.10. The average Bonchev–Trinajstić information content (AvgIpc) is 2.48. The molecule has 1 aromatic heterocycles. The third-order valence-corrected chi connectivity index (χ3v) is 2.95. The largest absolute Gasteiger partial charge is 0.454 e. The molecule has 2 aromatic rings. The smallest absolute Gasteiger partial charge is 0.168 e. The second-order valence-electron chi connectivity index (χ2n) is 5.03. The summed E-state index contributed by atoms with van der Waals surface area (Å²) in [5.41, 5.74) is 0.805. The van der Waals surface area contributed by atoms with Gasteiger partial charge in [0.1, 0.15) is 23.1 Å². The highest BCUT2D eigenvalue weighted by atomic mass is 19.1. The van der Waals surface area contributed by atoms with Crippen molar-refractivity contribution in [1.82, 2.24) is 15.3 Å². The van der Waals surface area contributed by atoms with Crippen LogP contribution in [0, 0.1) is 5.82 Å². The number of nitrogens with zero attached hydrogens (tertiary/aromatic N) is 2. The predicted molar refractivity (Wildman–Crippen MR) is 80.0 cm³/mol. The van der Waals surface area contributed by atoms with Crippen molar-refractivity contribution in [2.24, 2.45) is 0 Å². The summed E-state index contributed by atoms with van der Waals surface area (Å²) in [7, 11) is 0. The minimum Gasteiger partial charge on any atom is -0.454 e. The molecule has 112 valence electrons. The van der Waals surface area contributed by atoms with Gasteiger partial charge in [0.2, 0.25) is 0 Å². The SMILES string of the molecule is CCNCc1nc(C(C)C)ncc1Oc1ccc(F)cc1. The quantitative estimate of drug-likeness (QED) is 0.882. The molecule has 0 amide bonds. The highest BCUT2D eigenvalue weighted by molar-refractivity contribution is 5.33. The molecule has 1 aromatic carbocycles. The monoisotopic (exact) mass is 289 g/mol. The summed E-state index contributed by atoms with van der Waals surface area (Å²) in [5.74, 6) is 1.91. The standard InChI is InChI=1S/C16H20FN3O/c1-4-18-9-14-15(10-19-16(20-14)11(2)3)21-13-7-5-12(17)6-8-13/h5-8,10-11,18H,4,9H2,1-3H3. The van der Waals surface area contributed by atoms with Gasteiger partial charge in [0, 0.05) is 12.5 Å². The second-order valence-corrected chi connectivity index (χ2v) is 5.03. The van der Waals surface area contributed by atoms with Crippen LogP contribution in [0.5, 0.6) is 11.5 Å². The number of benzene rings is 1. The first-order chi connectivity index (χ1) is 10.1. The summed E-state index contributed by atoms with van der Waals surface area (Å²) >= 11 is 0. The Morgan fingerprint density at radius 2 is 1.95 bits per heavy atom. The van der Waals surface area contributed by atoms with Crippen LogP contribution in [0.15, 0.2) is 30.5 Å². The number of ether oxygens (including phenoxy) is 1. The summed E-state index contributed by atoms with van der Waals surface area (Å²) in [4.78, 5) is 8.87. The molecule has 2 rings (SSSR count). The van der Waals surface area contributed by atoms with Gasteiger partial charge in [-0.05, 0) is 30.8 Å². The van der Waals surface area contributed by atoms with E-state index in [2.05, 4.69) is 15.3 Å². The van der Waals surface area contributed by atoms with Crippen molar-refractivity contribution in [3.8, 4) is 11.5 Å². The molecule has 1 heterocycles. The molecule has 0 aliphatic heterocycles. The van der Waals surface area contributed by atoms with Gasteiger partial charge in [-0.2, -0.15) is 0 Å². The van der Waals surface area contributed by atoms with Gasteiger partial charge in [-0.3, -0.25) is 0 Å². The highest BCUT2D eigenvalue weighted by Crippen LogP contribution is 2.25. The van der Waals surface area contributed by atoms with Crippen LogP contribution in [0.25, 0.3) is 0 Å². The van der Waals surface area contributed by atoms with E-state index >= 15 is 0 Å². The number of nitrogens with one attached hydrogen (secondary N) is 1. The Kier molecular flexibility index (Phi) is 5.22. The molecule has 0 aliphatic rings. The zero-order valence-electron chi connectivity index (χ0n) is 12.6. The summed E-state index contributed by atoms with van der Waals surface area (Å²) < 4.78 is 18.7. The summed E-state index contributed by atoms with van der Waals surface area (Å²) in [6.45, 7) is 7.58. The normalized spacial score (nSPS) is 10.9. The molecule has 0 aliphatic carbocycles. The molecular weight excluding hydrogens is 269 g/mol. The lowest BCUT2D eigenvalue weighted by atomic mass is 10.2. The Labute approximate surface area is 124 Å². The van der Waals surface area contributed by atoms with E-state index in [1.165, 1.54) is 12.1 Å². The molecule has 5 heteroatoms. The van der Waals surface area contributed by atoms with Crippen LogP contribution in [0.3, 0.4) is 0 Å². The fraction of sp³-hybridized carbons (Fsp3) is 0.375. The van der Waals surface area contributed by atoms with Crippen molar-refractivity contribution in [3.05, 3.63) is 47.8 Å². The lowest BCUT2D eigenvalue weighted by Crippen LogP contribution is -2.15. The lowest BCUT2D eigenvalue weighted by molar-refractivity contribution is 0.461. The lowest BCUT2D eigenvalue weighted by Gasteiger charge is -2.13. The van der Waals surface area contributed by atoms with Crippen LogP contribution in [0.1, 0.15) is 38.2 Å². The van der Waals surface area contributed by atoms with Crippen molar-refractivity contribution < 1.29 is 9.13 Å². The Morgan fingerprint density at radius 3 is 2.57 bits per heavy atom. The molecule has 0 unspecified atom stereocenters. The molecule has 0 fully saturated rings. The van der Waals surface area contributed by atoms with Gasteiger partial charge in [0.25, 0.3) is 0 Å².